The lowest BCUT2D eigenvalue weighted by molar-refractivity contribution is -0.121. The fourth-order valence-corrected chi connectivity index (χ4v) is 2.19. The quantitative estimate of drug-likeness (QED) is 0.784. The van der Waals surface area contributed by atoms with Crippen LogP contribution in [0, 0.1) is 18.8 Å². The summed E-state index contributed by atoms with van der Waals surface area (Å²) in [5.41, 5.74) is 2.33. The van der Waals surface area contributed by atoms with Gasteiger partial charge in [-0.05, 0) is 43.6 Å². The molecule has 1 fully saturated rings. The van der Waals surface area contributed by atoms with Crippen molar-refractivity contribution < 1.29 is 9.59 Å². The highest BCUT2D eigenvalue weighted by Crippen LogP contribution is 2.25. The van der Waals surface area contributed by atoms with Crippen LogP contribution in [0.2, 0.25) is 0 Å². The second-order valence-electron chi connectivity index (χ2n) is 5.43. The van der Waals surface area contributed by atoms with E-state index in [4.69, 9.17) is 0 Å². The zero-order valence-corrected chi connectivity index (χ0v) is 12.1. The minimum absolute atomic E-state index is 0.00583. The smallest absolute Gasteiger partial charge is 0.227 e. The van der Waals surface area contributed by atoms with Gasteiger partial charge in [0, 0.05) is 12.8 Å². The molecule has 0 bridgehead atoms. The summed E-state index contributed by atoms with van der Waals surface area (Å²) in [6, 6.07) is 5.58. The maximum absolute atomic E-state index is 12.2. The van der Waals surface area contributed by atoms with Gasteiger partial charge in [0.05, 0.1) is 11.4 Å². The van der Waals surface area contributed by atoms with Crippen molar-refractivity contribution in [1.82, 2.24) is 5.32 Å². The van der Waals surface area contributed by atoms with E-state index in [1.807, 2.05) is 32.0 Å². The molecule has 108 valence electrons. The van der Waals surface area contributed by atoms with Crippen LogP contribution in [0.15, 0.2) is 18.2 Å². The first-order valence-corrected chi connectivity index (χ1v) is 6.87. The van der Waals surface area contributed by atoms with E-state index in [0.717, 1.165) is 18.7 Å². The molecule has 2 amide bonds. The molecular formula is C15H21N3O2. The molecule has 0 aromatic heterocycles. The Morgan fingerprint density at radius 2 is 1.95 bits per heavy atom. The van der Waals surface area contributed by atoms with Crippen molar-refractivity contribution >= 4 is 23.2 Å². The van der Waals surface area contributed by atoms with E-state index in [9.17, 15) is 9.59 Å². The van der Waals surface area contributed by atoms with Crippen LogP contribution in [-0.2, 0) is 9.59 Å². The second kappa shape index (κ2) is 6.05. The highest BCUT2D eigenvalue weighted by molar-refractivity contribution is 5.99. The number of benzene rings is 1. The van der Waals surface area contributed by atoms with Gasteiger partial charge in [0.15, 0.2) is 0 Å². The van der Waals surface area contributed by atoms with E-state index in [1.54, 1.807) is 0 Å². The van der Waals surface area contributed by atoms with Crippen molar-refractivity contribution in [3.05, 3.63) is 23.8 Å². The van der Waals surface area contributed by atoms with E-state index in [0.29, 0.717) is 17.3 Å². The van der Waals surface area contributed by atoms with Crippen LogP contribution in [0.5, 0.6) is 0 Å². The molecule has 1 atom stereocenters. The van der Waals surface area contributed by atoms with Crippen LogP contribution in [0.4, 0.5) is 11.4 Å². The lowest BCUT2D eigenvalue weighted by Gasteiger charge is -2.31. The first-order chi connectivity index (χ1) is 9.47. The minimum atomic E-state index is -0.152. The van der Waals surface area contributed by atoms with E-state index in [-0.39, 0.29) is 17.7 Å². The molecule has 20 heavy (non-hydrogen) atoms. The molecular weight excluding hydrogens is 254 g/mol. The Morgan fingerprint density at radius 3 is 2.50 bits per heavy atom. The van der Waals surface area contributed by atoms with Crippen molar-refractivity contribution in [1.29, 1.82) is 0 Å². The van der Waals surface area contributed by atoms with Crippen molar-refractivity contribution in [2.45, 2.75) is 20.8 Å². The predicted molar refractivity (Wildman–Crippen MR) is 79.6 cm³/mol. The molecule has 3 N–H and O–H groups in total. The van der Waals surface area contributed by atoms with Crippen molar-refractivity contribution in [2.24, 2.45) is 11.8 Å². The SMILES string of the molecule is CC(=O)Nc1ccc(C)cc1NC(=O)C(C)C1CNC1. The normalized spacial score (nSPS) is 16.1. The van der Waals surface area contributed by atoms with E-state index < -0.39 is 0 Å². The van der Waals surface area contributed by atoms with Crippen LogP contribution in [0.3, 0.4) is 0 Å². The second-order valence-corrected chi connectivity index (χ2v) is 5.43. The number of nitrogens with one attached hydrogen (secondary N) is 3. The molecule has 2 rings (SSSR count). The van der Waals surface area contributed by atoms with Gasteiger partial charge >= 0.3 is 0 Å². The van der Waals surface area contributed by atoms with Gasteiger partial charge in [0.1, 0.15) is 0 Å². The van der Waals surface area contributed by atoms with Gasteiger partial charge in [-0.3, -0.25) is 9.59 Å². The molecule has 0 spiro atoms. The summed E-state index contributed by atoms with van der Waals surface area (Å²) in [4.78, 5) is 23.4. The zero-order valence-electron chi connectivity index (χ0n) is 12.1. The molecule has 0 radical (unpaired) electrons. The molecule has 1 saturated heterocycles. The molecule has 0 aliphatic carbocycles. The molecule has 1 aliphatic rings. The number of amides is 2. The Hall–Kier alpha value is -1.88. The van der Waals surface area contributed by atoms with Crippen LogP contribution in [0.1, 0.15) is 19.4 Å². The Balaban J connectivity index is 2.12. The average molecular weight is 275 g/mol. The van der Waals surface area contributed by atoms with Crippen LogP contribution < -0.4 is 16.0 Å². The predicted octanol–water partition coefficient (Wildman–Crippen LogP) is 1.75. The minimum Gasteiger partial charge on any atom is -0.325 e. The Kier molecular flexibility index (Phi) is 4.39. The maximum atomic E-state index is 12.2. The standard InChI is InChI=1S/C15H21N3O2/c1-9-4-5-13(17-11(3)19)14(6-9)18-15(20)10(2)12-7-16-8-12/h4-6,10,12,16H,7-8H2,1-3H3,(H,17,19)(H,18,20). The summed E-state index contributed by atoms with van der Waals surface area (Å²) in [7, 11) is 0. The van der Waals surface area contributed by atoms with E-state index in [2.05, 4.69) is 16.0 Å². The first-order valence-electron chi connectivity index (χ1n) is 6.87. The fourth-order valence-electron chi connectivity index (χ4n) is 2.19. The lowest BCUT2D eigenvalue weighted by Crippen LogP contribution is -2.48. The first kappa shape index (κ1) is 14.5. The molecule has 1 unspecified atom stereocenters. The third kappa shape index (κ3) is 3.36. The number of carbonyl (C=O) groups excluding carboxylic acids is 2. The summed E-state index contributed by atoms with van der Waals surface area (Å²) < 4.78 is 0. The Labute approximate surface area is 119 Å². The largest absolute Gasteiger partial charge is 0.325 e. The van der Waals surface area contributed by atoms with Gasteiger partial charge in [0.2, 0.25) is 11.8 Å². The molecule has 0 saturated carbocycles. The molecule has 1 aromatic rings. The Morgan fingerprint density at radius 1 is 1.25 bits per heavy atom. The molecule has 5 nitrogen and oxygen atoms in total. The van der Waals surface area contributed by atoms with Crippen LogP contribution in [-0.4, -0.2) is 24.9 Å². The average Bonchev–Trinajstić information content (AvgIpc) is 2.29. The topological polar surface area (TPSA) is 70.2 Å². The molecule has 1 aromatic carbocycles. The van der Waals surface area contributed by atoms with Gasteiger partial charge in [-0.2, -0.15) is 0 Å². The zero-order chi connectivity index (χ0) is 14.7. The van der Waals surface area contributed by atoms with Gasteiger partial charge in [0.25, 0.3) is 0 Å². The highest BCUT2D eigenvalue weighted by Gasteiger charge is 2.29. The van der Waals surface area contributed by atoms with Gasteiger partial charge in [-0.15, -0.1) is 0 Å². The summed E-state index contributed by atoms with van der Waals surface area (Å²) in [6.45, 7) is 7.12. The third-order valence-corrected chi connectivity index (χ3v) is 3.68. The monoisotopic (exact) mass is 275 g/mol. The number of carbonyl (C=O) groups is 2. The number of hydrogen-bond donors (Lipinski definition) is 3. The van der Waals surface area contributed by atoms with Gasteiger partial charge in [-0.25, -0.2) is 0 Å². The van der Waals surface area contributed by atoms with E-state index in [1.165, 1.54) is 6.92 Å². The number of aryl methyl sites for hydroxylation is 1. The number of anilines is 2. The number of rotatable bonds is 4. The van der Waals surface area contributed by atoms with Gasteiger partial charge in [-0.1, -0.05) is 13.0 Å². The number of hydrogen-bond acceptors (Lipinski definition) is 3. The van der Waals surface area contributed by atoms with E-state index >= 15 is 0 Å². The summed E-state index contributed by atoms with van der Waals surface area (Å²) in [5.74, 6) is 0.195. The molecule has 1 heterocycles. The third-order valence-electron chi connectivity index (χ3n) is 3.68. The highest BCUT2D eigenvalue weighted by atomic mass is 16.2. The van der Waals surface area contributed by atoms with Crippen molar-refractivity contribution in [3.8, 4) is 0 Å². The molecule has 5 heteroatoms. The maximum Gasteiger partial charge on any atom is 0.227 e. The van der Waals surface area contributed by atoms with Crippen LogP contribution >= 0.6 is 0 Å². The summed E-state index contributed by atoms with van der Waals surface area (Å²) in [5, 5.41) is 8.83. The van der Waals surface area contributed by atoms with Gasteiger partial charge < -0.3 is 16.0 Å². The lowest BCUT2D eigenvalue weighted by atomic mass is 9.88. The van der Waals surface area contributed by atoms with Crippen molar-refractivity contribution in [2.75, 3.05) is 23.7 Å². The molecule has 1 aliphatic heterocycles. The summed E-state index contributed by atoms with van der Waals surface area (Å²) >= 11 is 0. The van der Waals surface area contributed by atoms with Crippen LogP contribution in [0.25, 0.3) is 0 Å². The summed E-state index contributed by atoms with van der Waals surface area (Å²) in [6.07, 6.45) is 0. The Bertz CT molecular complexity index is 524. The van der Waals surface area contributed by atoms with Crippen molar-refractivity contribution in [3.63, 3.8) is 0 Å². The fraction of sp³-hybridized carbons (Fsp3) is 0.467.